The summed E-state index contributed by atoms with van der Waals surface area (Å²) in [5.41, 5.74) is 1.53. The van der Waals surface area contributed by atoms with Gasteiger partial charge in [-0.2, -0.15) is 0 Å². The molecule has 0 saturated heterocycles. The highest BCUT2D eigenvalue weighted by Gasteiger charge is 2.13. The molecule has 0 aromatic heterocycles. The Bertz CT molecular complexity index is 646. The summed E-state index contributed by atoms with van der Waals surface area (Å²) >= 11 is 11.2. The van der Waals surface area contributed by atoms with Crippen molar-refractivity contribution in [1.29, 1.82) is 0 Å². The smallest absolute Gasteiger partial charge is 0.258 e. The van der Waals surface area contributed by atoms with E-state index < -0.39 is 0 Å². The largest absolute Gasteiger partial charge is 0.348 e. The Kier molecular flexibility index (Phi) is 5.31. The molecule has 0 unspecified atom stereocenters. The number of carbonyl (C=O) groups is 1. The predicted octanol–water partition coefficient (Wildman–Crippen LogP) is 3.49. The first-order chi connectivity index (χ1) is 10.1. The van der Waals surface area contributed by atoms with Gasteiger partial charge >= 0.3 is 0 Å². The monoisotopic (exact) mass is 318 g/mol. The van der Waals surface area contributed by atoms with Gasteiger partial charge in [-0.15, -0.1) is 0 Å². The molecule has 1 amide bonds. The van der Waals surface area contributed by atoms with E-state index in [-0.39, 0.29) is 5.91 Å². The molecule has 21 heavy (non-hydrogen) atoms. The summed E-state index contributed by atoms with van der Waals surface area (Å²) in [7, 11) is 1.84. The van der Waals surface area contributed by atoms with Crippen molar-refractivity contribution in [3.05, 3.63) is 70.7 Å². The Morgan fingerprint density at radius 2 is 1.76 bits per heavy atom. The molecule has 0 radical (unpaired) electrons. The normalized spacial score (nSPS) is 10.0. The van der Waals surface area contributed by atoms with Gasteiger partial charge in [0.05, 0.1) is 10.6 Å². The molecule has 0 spiro atoms. The van der Waals surface area contributed by atoms with Crippen LogP contribution in [0.15, 0.2) is 54.6 Å². The lowest BCUT2D eigenvalue weighted by atomic mass is 10.2. The number of hydrogen-bond acceptors (Lipinski definition) is 2. The Morgan fingerprint density at radius 3 is 2.43 bits per heavy atom. The van der Waals surface area contributed by atoms with Crippen LogP contribution in [0.4, 0.5) is 0 Å². The van der Waals surface area contributed by atoms with Crippen LogP contribution in [-0.4, -0.2) is 23.0 Å². The number of carbonyl (C=O) groups excluding carboxylic acids is 1. The molecule has 0 bridgehead atoms. The van der Waals surface area contributed by atoms with Crippen molar-refractivity contribution >= 4 is 34.8 Å². The summed E-state index contributed by atoms with van der Waals surface area (Å²) in [6.07, 6.45) is 0. The molecular formula is C16H15ClN2OS. The highest BCUT2D eigenvalue weighted by molar-refractivity contribution is 7.80. The fraction of sp³-hybridized carbons (Fsp3) is 0.125. The van der Waals surface area contributed by atoms with Gasteiger partial charge in [-0.3, -0.25) is 10.1 Å². The molecule has 108 valence electrons. The first-order valence-corrected chi connectivity index (χ1v) is 7.21. The topological polar surface area (TPSA) is 32.3 Å². The molecule has 2 aromatic carbocycles. The second-order valence-electron chi connectivity index (χ2n) is 4.58. The van der Waals surface area contributed by atoms with Crippen LogP contribution in [0.25, 0.3) is 0 Å². The van der Waals surface area contributed by atoms with E-state index in [4.69, 9.17) is 23.8 Å². The highest BCUT2D eigenvalue weighted by atomic mass is 35.5. The zero-order valence-corrected chi connectivity index (χ0v) is 13.1. The molecule has 0 saturated carbocycles. The quantitative estimate of drug-likeness (QED) is 0.879. The number of halogens is 1. The molecule has 1 N–H and O–H groups in total. The highest BCUT2D eigenvalue weighted by Crippen LogP contribution is 2.14. The second kappa shape index (κ2) is 7.20. The molecule has 0 atom stereocenters. The van der Waals surface area contributed by atoms with E-state index in [2.05, 4.69) is 5.32 Å². The van der Waals surface area contributed by atoms with Crippen LogP contribution in [0.3, 0.4) is 0 Å². The maximum Gasteiger partial charge on any atom is 0.258 e. The van der Waals surface area contributed by atoms with Crippen LogP contribution >= 0.6 is 23.8 Å². The minimum atomic E-state index is -0.300. The van der Waals surface area contributed by atoms with Gasteiger partial charge in [-0.1, -0.05) is 54.1 Å². The van der Waals surface area contributed by atoms with Crippen LogP contribution in [0.2, 0.25) is 5.02 Å². The summed E-state index contributed by atoms with van der Waals surface area (Å²) < 4.78 is 0. The lowest BCUT2D eigenvalue weighted by molar-refractivity contribution is 0.0974. The van der Waals surface area contributed by atoms with E-state index in [1.807, 2.05) is 37.4 Å². The minimum Gasteiger partial charge on any atom is -0.348 e. The van der Waals surface area contributed by atoms with Crippen molar-refractivity contribution in [2.24, 2.45) is 0 Å². The lowest BCUT2D eigenvalue weighted by Crippen LogP contribution is -2.40. The molecule has 0 heterocycles. The fourth-order valence-electron chi connectivity index (χ4n) is 1.83. The van der Waals surface area contributed by atoms with Crippen molar-refractivity contribution in [3.8, 4) is 0 Å². The lowest BCUT2D eigenvalue weighted by Gasteiger charge is -2.20. The molecule has 0 aliphatic rings. The van der Waals surface area contributed by atoms with Crippen molar-refractivity contribution < 1.29 is 4.79 Å². The van der Waals surface area contributed by atoms with Gasteiger partial charge in [-0.25, -0.2) is 0 Å². The summed E-state index contributed by atoms with van der Waals surface area (Å²) in [5, 5.41) is 3.46. The fourth-order valence-corrected chi connectivity index (χ4v) is 2.21. The Balaban J connectivity index is 1.98. The third-order valence-corrected chi connectivity index (χ3v) is 3.69. The number of thiocarbonyl (C=S) groups is 1. The van der Waals surface area contributed by atoms with Gasteiger partial charge in [-0.05, 0) is 29.9 Å². The number of benzene rings is 2. The molecule has 2 aromatic rings. The number of nitrogens with one attached hydrogen (secondary N) is 1. The summed E-state index contributed by atoms with van der Waals surface area (Å²) in [6.45, 7) is 0.627. The maximum atomic E-state index is 12.1. The van der Waals surface area contributed by atoms with Gasteiger partial charge in [0.2, 0.25) is 0 Å². The van der Waals surface area contributed by atoms with Crippen molar-refractivity contribution in [1.82, 2.24) is 10.2 Å². The Labute approximate surface area is 134 Å². The van der Waals surface area contributed by atoms with Crippen molar-refractivity contribution in [2.45, 2.75) is 6.54 Å². The van der Waals surface area contributed by atoms with Gasteiger partial charge in [0.1, 0.15) is 0 Å². The van der Waals surface area contributed by atoms with Gasteiger partial charge in [0, 0.05) is 13.6 Å². The molecule has 5 heteroatoms. The van der Waals surface area contributed by atoms with Crippen LogP contribution in [0.1, 0.15) is 15.9 Å². The molecule has 3 nitrogen and oxygen atoms in total. The van der Waals surface area contributed by atoms with Crippen LogP contribution in [-0.2, 0) is 6.54 Å². The Morgan fingerprint density at radius 1 is 1.14 bits per heavy atom. The van der Waals surface area contributed by atoms with E-state index in [9.17, 15) is 4.79 Å². The number of rotatable bonds is 3. The minimum absolute atomic E-state index is 0.300. The van der Waals surface area contributed by atoms with Gasteiger partial charge in [0.25, 0.3) is 5.91 Å². The zero-order chi connectivity index (χ0) is 15.2. The second-order valence-corrected chi connectivity index (χ2v) is 5.37. The van der Waals surface area contributed by atoms with Gasteiger partial charge in [0.15, 0.2) is 5.11 Å². The molecule has 0 aliphatic heterocycles. The van der Waals surface area contributed by atoms with E-state index in [0.29, 0.717) is 22.2 Å². The summed E-state index contributed by atoms with van der Waals surface area (Å²) in [4.78, 5) is 13.9. The first kappa shape index (κ1) is 15.5. The predicted molar refractivity (Wildman–Crippen MR) is 89.4 cm³/mol. The SMILES string of the molecule is CN(Cc1ccccc1)C(=S)NC(=O)c1ccccc1Cl. The van der Waals surface area contributed by atoms with E-state index >= 15 is 0 Å². The number of nitrogens with zero attached hydrogens (tertiary/aromatic N) is 1. The van der Waals surface area contributed by atoms with Crippen LogP contribution < -0.4 is 5.32 Å². The van der Waals surface area contributed by atoms with E-state index in [1.165, 1.54) is 0 Å². The third kappa shape index (κ3) is 4.28. The number of amides is 1. The maximum absolute atomic E-state index is 12.1. The first-order valence-electron chi connectivity index (χ1n) is 6.43. The molecule has 0 fully saturated rings. The summed E-state index contributed by atoms with van der Waals surface area (Å²) in [6, 6.07) is 16.8. The van der Waals surface area contributed by atoms with Crippen LogP contribution in [0.5, 0.6) is 0 Å². The molecule has 2 rings (SSSR count). The van der Waals surface area contributed by atoms with E-state index in [1.54, 1.807) is 29.2 Å². The van der Waals surface area contributed by atoms with Gasteiger partial charge < -0.3 is 4.90 Å². The van der Waals surface area contributed by atoms with Crippen LogP contribution in [0, 0.1) is 0 Å². The van der Waals surface area contributed by atoms with E-state index in [0.717, 1.165) is 5.56 Å². The zero-order valence-electron chi connectivity index (χ0n) is 11.5. The standard InChI is InChI=1S/C16H15ClN2OS/c1-19(11-12-7-3-2-4-8-12)16(21)18-15(20)13-9-5-6-10-14(13)17/h2-10H,11H2,1H3,(H,18,20,21). The molecule has 0 aliphatic carbocycles. The molecular weight excluding hydrogens is 304 g/mol. The van der Waals surface area contributed by atoms with Crippen molar-refractivity contribution in [3.63, 3.8) is 0 Å². The number of hydrogen-bond donors (Lipinski definition) is 1. The average Bonchev–Trinajstić information content (AvgIpc) is 2.48. The third-order valence-electron chi connectivity index (χ3n) is 2.95. The summed E-state index contributed by atoms with van der Waals surface area (Å²) in [5.74, 6) is -0.300. The average molecular weight is 319 g/mol. The van der Waals surface area contributed by atoms with Crippen molar-refractivity contribution in [2.75, 3.05) is 7.05 Å². The Hall–Kier alpha value is -1.91.